The van der Waals surface area contributed by atoms with Gasteiger partial charge in [0.2, 0.25) is 0 Å². The van der Waals surface area contributed by atoms with E-state index < -0.39 is 4.92 Å². The van der Waals surface area contributed by atoms with Crippen LogP contribution in [0.5, 0.6) is 0 Å². The summed E-state index contributed by atoms with van der Waals surface area (Å²) in [6, 6.07) is 14.2. The van der Waals surface area contributed by atoms with Crippen molar-refractivity contribution in [3.05, 3.63) is 64.8 Å². The molecule has 0 radical (unpaired) electrons. The van der Waals surface area contributed by atoms with Gasteiger partial charge in [-0.15, -0.1) is 0 Å². The van der Waals surface area contributed by atoms with Gasteiger partial charge in [0, 0.05) is 17.5 Å². The number of hydrogen-bond acceptors (Lipinski definition) is 3. The molecule has 0 spiro atoms. The standard InChI is InChI=1S/C13H9N3O2/c17-16(18)12-6-3-5-11(8-12)15-13-7-2-1-4-10(13)9-14-15/h1-9H. The van der Waals surface area contributed by atoms with Crippen molar-refractivity contribution >= 4 is 16.6 Å². The van der Waals surface area contributed by atoms with E-state index in [4.69, 9.17) is 0 Å². The van der Waals surface area contributed by atoms with Crippen LogP contribution in [-0.4, -0.2) is 14.7 Å². The van der Waals surface area contributed by atoms with Crippen molar-refractivity contribution in [1.29, 1.82) is 0 Å². The first-order chi connectivity index (χ1) is 8.75. The van der Waals surface area contributed by atoms with Crippen LogP contribution in [0.3, 0.4) is 0 Å². The Hall–Kier alpha value is -2.69. The van der Waals surface area contributed by atoms with Gasteiger partial charge in [0.25, 0.3) is 5.69 Å². The summed E-state index contributed by atoms with van der Waals surface area (Å²) < 4.78 is 1.70. The van der Waals surface area contributed by atoms with E-state index in [2.05, 4.69) is 5.10 Å². The fourth-order valence-corrected chi connectivity index (χ4v) is 1.92. The molecule has 18 heavy (non-hydrogen) atoms. The second-order valence-corrected chi connectivity index (χ2v) is 3.89. The topological polar surface area (TPSA) is 61.0 Å². The smallest absolute Gasteiger partial charge is 0.258 e. The van der Waals surface area contributed by atoms with Crippen LogP contribution in [0.25, 0.3) is 16.6 Å². The monoisotopic (exact) mass is 239 g/mol. The Morgan fingerprint density at radius 1 is 1.11 bits per heavy atom. The van der Waals surface area contributed by atoms with Crippen molar-refractivity contribution in [2.45, 2.75) is 0 Å². The van der Waals surface area contributed by atoms with E-state index in [1.54, 1.807) is 23.0 Å². The molecule has 5 nitrogen and oxygen atoms in total. The van der Waals surface area contributed by atoms with E-state index in [1.807, 2.05) is 24.3 Å². The number of benzene rings is 2. The first-order valence-corrected chi connectivity index (χ1v) is 5.43. The molecule has 0 saturated heterocycles. The van der Waals surface area contributed by atoms with Crippen molar-refractivity contribution in [2.75, 3.05) is 0 Å². The maximum Gasteiger partial charge on any atom is 0.271 e. The van der Waals surface area contributed by atoms with Crippen LogP contribution in [0.1, 0.15) is 0 Å². The zero-order valence-corrected chi connectivity index (χ0v) is 9.35. The molecule has 0 unspecified atom stereocenters. The third kappa shape index (κ3) is 1.62. The molecule has 2 aromatic carbocycles. The van der Waals surface area contributed by atoms with E-state index >= 15 is 0 Å². The Balaban J connectivity index is 2.20. The minimum Gasteiger partial charge on any atom is -0.258 e. The number of rotatable bonds is 2. The van der Waals surface area contributed by atoms with E-state index in [-0.39, 0.29) is 5.69 Å². The lowest BCUT2D eigenvalue weighted by Crippen LogP contribution is -1.97. The van der Waals surface area contributed by atoms with Crippen LogP contribution in [0.2, 0.25) is 0 Å². The summed E-state index contributed by atoms with van der Waals surface area (Å²) in [5, 5.41) is 16.0. The lowest BCUT2D eigenvalue weighted by atomic mass is 10.2. The summed E-state index contributed by atoms with van der Waals surface area (Å²) in [5.74, 6) is 0. The van der Waals surface area contributed by atoms with E-state index in [0.29, 0.717) is 5.69 Å². The second kappa shape index (κ2) is 3.96. The lowest BCUT2D eigenvalue weighted by Gasteiger charge is -2.02. The Kier molecular flexibility index (Phi) is 2.30. The van der Waals surface area contributed by atoms with E-state index in [9.17, 15) is 10.1 Å². The van der Waals surface area contributed by atoms with Crippen LogP contribution in [0.4, 0.5) is 5.69 Å². The Morgan fingerprint density at radius 3 is 2.78 bits per heavy atom. The minimum atomic E-state index is -0.408. The van der Waals surface area contributed by atoms with Gasteiger partial charge < -0.3 is 0 Å². The molecule has 0 bridgehead atoms. The summed E-state index contributed by atoms with van der Waals surface area (Å²) in [5.41, 5.74) is 1.68. The maximum atomic E-state index is 10.8. The number of non-ortho nitro benzene ring substituents is 1. The van der Waals surface area contributed by atoms with Crippen LogP contribution >= 0.6 is 0 Å². The van der Waals surface area contributed by atoms with Crippen LogP contribution in [0.15, 0.2) is 54.7 Å². The third-order valence-electron chi connectivity index (χ3n) is 2.76. The highest BCUT2D eigenvalue weighted by molar-refractivity contribution is 5.80. The van der Waals surface area contributed by atoms with Gasteiger partial charge in [-0.3, -0.25) is 10.1 Å². The van der Waals surface area contributed by atoms with Crippen molar-refractivity contribution in [2.24, 2.45) is 0 Å². The number of para-hydroxylation sites is 1. The number of aromatic nitrogens is 2. The molecule has 0 atom stereocenters. The molecule has 1 aromatic heterocycles. The fourth-order valence-electron chi connectivity index (χ4n) is 1.92. The lowest BCUT2D eigenvalue weighted by molar-refractivity contribution is -0.384. The van der Waals surface area contributed by atoms with Gasteiger partial charge in [0.15, 0.2) is 0 Å². The number of nitro benzene ring substituents is 1. The largest absolute Gasteiger partial charge is 0.271 e. The second-order valence-electron chi connectivity index (χ2n) is 3.89. The van der Waals surface area contributed by atoms with Gasteiger partial charge in [0.1, 0.15) is 0 Å². The first-order valence-electron chi connectivity index (χ1n) is 5.43. The highest BCUT2D eigenvalue weighted by Gasteiger charge is 2.09. The summed E-state index contributed by atoms with van der Waals surface area (Å²) in [4.78, 5) is 10.4. The normalized spacial score (nSPS) is 10.7. The minimum absolute atomic E-state index is 0.0621. The fraction of sp³-hybridized carbons (Fsp3) is 0. The van der Waals surface area contributed by atoms with E-state index in [0.717, 1.165) is 10.9 Å². The molecule has 0 aliphatic rings. The molecule has 1 heterocycles. The zero-order valence-electron chi connectivity index (χ0n) is 9.35. The maximum absolute atomic E-state index is 10.8. The number of nitro groups is 1. The highest BCUT2D eigenvalue weighted by atomic mass is 16.6. The van der Waals surface area contributed by atoms with Crippen molar-refractivity contribution < 1.29 is 4.92 Å². The molecule has 3 rings (SSSR count). The summed E-state index contributed by atoms with van der Waals surface area (Å²) in [7, 11) is 0. The average molecular weight is 239 g/mol. The molecule has 0 aliphatic carbocycles. The molecular formula is C13H9N3O2. The van der Waals surface area contributed by atoms with Gasteiger partial charge >= 0.3 is 0 Å². The van der Waals surface area contributed by atoms with Crippen molar-refractivity contribution in [1.82, 2.24) is 9.78 Å². The summed E-state index contributed by atoms with van der Waals surface area (Å²) >= 11 is 0. The van der Waals surface area contributed by atoms with Gasteiger partial charge in [-0.05, 0) is 12.1 Å². The van der Waals surface area contributed by atoms with Gasteiger partial charge in [-0.1, -0.05) is 24.3 Å². The van der Waals surface area contributed by atoms with Crippen molar-refractivity contribution in [3.8, 4) is 5.69 Å². The Bertz CT molecular complexity index is 734. The highest BCUT2D eigenvalue weighted by Crippen LogP contribution is 2.21. The van der Waals surface area contributed by atoms with Crippen LogP contribution in [-0.2, 0) is 0 Å². The quantitative estimate of drug-likeness (QED) is 0.510. The number of nitrogens with zero attached hydrogens (tertiary/aromatic N) is 3. The number of fused-ring (bicyclic) bond motifs is 1. The predicted octanol–water partition coefficient (Wildman–Crippen LogP) is 2.93. The van der Waals surface area contributed by atoms with E-state index in [1.165, 1.54) is 12.1 Å². The third-order valence-corrected chi connectivity index (χ3v) is 2.76. The molecule has 0 amide bonds. The van der Waals surface area contributed by atoms with Gasteiger partial charge in [-0.2, -0.15) is 5.10 Å². The zero-order chi connectivity index (χ0) is 12.5. The summed E-state index contributed by atoms with van der Waals surface area (Å²) in [6.07, 6.45) is 1.74. The Labute approximate surface area is 102 Å². The molecular weight excluding hydrogens is 230 g/mol. The van der Waals surface area contributed by atoms with Crippen molar-refractivity contribution in [3.63, 3.8) is 0 Å². The SMILES string of the molecule is O=[N+]([O-])c1cccc(-n2ncc3ccccc32)c1. The summed E-state index contributed by atoms with van der Waals surface area (Å²) in [6.45, 7) is 0. The molecule has 5 heteroatoms. The first kappa shape index (κ1) is 10.5. The van der Waals surface area contributed by atoms with Gasteiger partial charge in [0.05, 0.1) is 22.3 Å². The molecule has 0 N–H and O–H groups in total. The molecule has 0 aliphatic heterocycles. The molecule has 88 valence electrons. The van der Waals surface area contributed by atoms with Crippen LogP contribution < -0.4 is 0 Å². The average Bonchev–Trinajstić information content (AvgIpc) is 2.82. The predicted molar refractivity (Wildman–Crippen MR) is 67.7 cm³/mol. The Morgan fingerprint density at radius 2 is 1.94 bits per heavy atom. The molecule has 0 saturated carbocycles. The molecule has 3 aromatic rings. The van der Waals surface area contributed by atoms with Gasteiger partial charge in [-0.25, -0.2) is 4.68 Å². The number of hydrogen-bond donors (Lipinski definition) is 0. The molecule has 0 fully saturated rings. The van der Waals surface area contributed by atoms with Crippen LogP contribution in [0, 0.1) is 10.1 Å².